The number of carbonyl (C=O) groups excluding carboxylic acids is 2. The normalized spacial score (nSPS) is 16.7. The van der Waals surface area contributed by atoms with Crippen LogP contribution in [-0.2, 0) is 22.4 Å². The van der Waals surface area contributed by atoms with E-state index in [1.165, 1.54) is 4.88 Å². The maximum Gasteiger partial charge on any atom is 0.341 e. The summed E-state index contributed by atoms with van der Waals surface area (Å²) in [7, 11) is 0. The molecule has 2 rings (SSSR count). The summed E-state index contributed by atoms with van der Waals surface area (Å²) in [6, 6.07) is 0. The van der Waals surface area contributed by atoms with Crippen molar-refractivity contribution in [3.8, 4) is 0 Å². The number of allylic oxidation sites excluding steroid dienone is 1. The van der Waals surface area contributed by atoms with Crippen molar-refractivity contribution >= 4 is 28.2 Å². The average Bonchev–Trinajstić information content (AvgIpc) is 2.96. The van der Waals surface area contributed by atoms with Crippen molar-refractivity contribution in [3.63, 3.8) is 0 Å². The first-order valence-corrected chi connectivity index (χ1v) is 10.4. The van der Waals surface area contributed by atoms with E-state index in [1.807, 2.05) is 0 Å². The number of thiophene rings is 1. The molecule has 1 aromatic heterocycles. The quantitative estimate of drug-likeness (QED) is 0.489. The van der Waals surface area contributed by atoms with Crippen LogP contribution in [0.1, 0.15) is 74.2 Å². The molecule has 4 nitrogen and oxygen atoms in total. The van der Waals surface area contributed by atoms with Gasteiger partial charge in [-0.05, 0) is 49.5 Å². The molecule has 1 amide bonds. The maximum absolute atomic E-state index is 12.5. The van der Waals surface area contributed by atoms with Crippen LogP contribution in [0.15, 0.2) is 12.7 Å². The van der Waals surface area contributed by atoms with Gasteiger partial charge in [0.1, 0.15) is 5.00 Å². The molecule has 1 unspecified atom stereocenters. The Morgan fingerprint density at radius 3 is 2.73 bits per heavy atom. The van der Waals surface area contributed by atoms with E-state index in [1.54, 1.807) is 24.3 Å². The Morgan fingerprint density at radius 2 is 2.12 bits per heavy atom. The van der Waals surface area contributed by atoms with Gasteiger partial charge >= 0.3 is 5.97 Å². The Labute approximate surface area is 161 Å². The second kappa shape index (κ2) is 8.85. The molecule has 1 heterocycles. The van der Waals surface area contributed by atoms with E-state index in [0.29, 0.717) is 35.9 Å². The zero-order valence-electron chi connectivity index (χ0n) is 16.4. The molecule has 0 radical (unpaired) electrons. The molecule has 0 aromatic carbocycles. The van der Waals surface area contributed by atoms with Gasteiger partial charge in [-0.2, -0.15) is 0 Å². The lowest BCUT2D eigenvalue weighted by atomic mass is 9.69. The summed E-state index contributed by atoms with van der Waals surface area (Å²) in [5.41, 5.74) is 1.93. The lowest BCUT2D eigenvalue weighted by Crippen LogP contribution is -2.28. The van der Waals surface area contributed by atoms with Crippen LogP contribution in [0.2, 0.25) is 0 Å². The van der Waals surface area contributed by atoms with Crippen LogP contribution in [0.4, 0.5) is 5.00 Å². The monoisotopic (exact) mass is 377 g/mol. The molecule has 1 aromatic rings. The molecule has 0 bridgehead atoms. The third-order valence-electron chi connectivity index (χ3n) is 5.59. The first-order chi connectivity index (χ1) is 12.3. The van der Waals surface area contributed by atoms with Crippen molar-refractivity contribution in [1.82, 2.24) is 0 Å². The Hall–Kier alpha value is -1.62. The van der Waals surface area contributed by atoms with Gasteiger partial charge in [0, 0.05) is 11.3 Å². The number of amides is 1. The maximum atomic E-state index is 12.5. The molecule has 0 fully saturated rings. The van der Waals surface area contributed by atoms with Gasteiger partial charge in [0.05, 0.1) is 12.2 Å². The van der Waals surface area contributed by atoms with Gasteiger partial charge in [-0.25, -0.2) is 4.79 Å². The lowest BCUT2D eigenvalue weighted by Gasteiger charge is -2.36. The van der Waals surface area contributed by atoms with Crippen molar-refractivity contribution < 1.29 is 14.3 Å². The fourth-order valence-corrected chi connectivity index (χ4v) is 4.80. The molecule has 26 heavy (non-hydrogen) atoms. The number of anilines is 1. The van der Waals surface area contributed by atoms with Crippen LogP contribution in [0.5, 0.6) is 0 Å². The van der Waals surface area contributed by atoms with Crippen LogP contribution >= 0.6 is 11.3 Å². The van der Waals surface area contributed by atoms with Gasteiger partial charge in [0.25, 0.3) is 0 Å². The number of hydrogen-bond donors (Lipinski definition) is 1. The Balaban J connectivity index is 2.32. The van der Waals surface area contributed by atoms with E-state index in [0.717, 1.165) is 31.2 Å². The van der Waals surface area contributed by atoms with Crippen LogP contribution < -0.4 is 5.32 Å². The predicted molar refractivity (Wildman–Crippen MR) is 108 cm³/mol. The molecule has 5 heteroatoms. The number of esters is 1. The minimum absolute atomic E-state index is 0.0838. The second-order valence-corrected chi connectivity index (χ2v) is 8.69. The van der Waals surface area contributed by atoms with Crippen molar-refractivity contribution in [2.24, 2.45) is 11.3 Å². The number of hydrogen-bond acceptors (Lipinski definition) is 4. The molecule has 0 aliphatic heterocycles. The van der Waals surface area contributed by atoms with Gasteiger partial charge in [-0.3, -0.25) is 4.79 Å². The van der Waals surface area contributed by atoms with Crippen LogP contribution in [0.3, 0.4) is 0 Å². The number of carbonyl (C=O) groups is 2. The summed E-state index contributed by atoms with van der Waals surface area (Å²) in [4.78, 5) is 26.0. The third-order valence-corrected chi connectivity index (χ3v) is 6.76. The minimum Gasteiger partial charge on any atom is -0.462 e. The van der Waals surface area contributed by atoms with E-state index in [9.17, 15) is 9.59 Å². The molecule has 1 aliphatic carbocycles. The van der Waals surface area contributed by atoms with Crippen molar-refractivity contribution in [2.45, 2.75) is 66.2 Å². The molecule has 144 valence electrons. The number of ether oxygens (including phenoxy) is 1. The van der Waals surface area contributed by atoms with Crippen LogP contribution in [0.25, 0.3) is 0 Å². The highest BCUT2D eigenvalue weighted by Crippen LogP contribution is 2.45. The summed E-state index contributed by atoms with van der Waals surface area (Å²) in [5.74, 6) is 0.190. The number of fused-ring (bicyclic) bond motifs is 1. The van der Waals surface area contributed by atoms with E-state index < -0.39 is 0 Å². The van der Waals surface area contributed by atoms with Crippen LogP contribution in [0, 0.1) is 11.3 Å². The minimum atomic E-state index is -0.322. The fourth-order valence-electron chi connectivity index (χ4n) is 3.47. The lowest BCUT2D eigenvalue weighted by molar-refractivity contribution is -0.116. The summed E-state index contributed by atoms with van der Waals surface area (Å²) < 4.78 is 5.27. The highest BCUT2D eigenvalue weighted by Gasteiger charge is 2.35. The second-order valence-electron chi connectivity index (χ2n) is 7.59. The molecular weight excluding hydrogens is 346 g/mol. The van der Waals surface area contributed by atoms with Crippen molar-refractivity contribution in [1.29, 1.82) is 0 Å². The highest BCUT2D eigenvalue weighted by atomic mass is 32.1. The number of nitrogens with one attached hydrogen (secondary N) is 1. The molecule has 1 aliphatic rings. The van der Waals surface area contributed by atoms with Gasteiger partial charge in [0.15, 0.2) is 0 Å². The molecule has 0 saturated heterocycles. The summed E-state index contributed by atoms with van der Waals surface area (Å²) >= 11 is 1.55. The van der Waals surface area contributed by atoms with Gasteiger partial charge in [0.2, 0.25) is 5.91 Å². The standard InChI is InChI=1S/C21H31NO3S/c1-6-9-10-17(23)22-19-18(20(24)25-8-3)15-12-11-14(13-16(15)26-19)21(4,5)7-2/h6,14H,1,7-13H2,2-5H3,(H,22,23). The predicted octanol–water partition coefficient (Wildman–Crippen LogP) is 5.37. The smallest absolute Gasteiger partial charge is 0.341 e. The zero-order valence-corrected chi connectivity index (χ0v) is 17.3. The molecule has 0 spiro atoms. The van der Waals surface area contributed by atoms with Gasteiger partial charge < -0.3 is 10.1 Å². The average molecular weight is 378 g/mol. The molecule has 1 atom stereocenters. The topological polar surface area (TPSA) is 55.4 Å². The summed E-state index contributed by atoms with van der Waals surface area (Å²) in [6.45, 7) is 12.7. The molecule has 0 saturated carbocycles. The van der Waals surface area contributed by atoms with E-state index in [-0.39, 0.29) is 17.3 Å². The Bertz CT molecular complexity index is 675. The number of rotatable bonds is 8. The summed E-state index contributed by atoms with van der Waals surface area (Å²) in [6.07, 6.45) is 6.77. The zero-order chi connectivity index (χ0) is 19.3. The third kappa shape index (κ3) is 4.56. The van der Waals surface area contributed by atoms with E-state index in [2.05, 4.69) is 32.7 Å². The van der Waals surface area contributed by atoms with Crippen LogP contribution in [-0.4, -0.2) is 18.5 Å². The van der Waals surface area contributed by atoms with Crippen molar-refractivity contribution in [2.75, 3.05) is 11.9 Å². The van der Waals surface area contributed by atoms with Crippen molar-refractivity contribution in [3.05, 3.63) is 28.7 Å². The van der Waals surface area contributed by atoms with Gasteiger partial charge in [-0.15, -0.1) is 17.9 Å². The van der Waals surface area contributed by atoms with E-state index in [4.69, 9.17) is 4.74 Å². The largest absolute Gasteiger partial charge is 0.462 e. The van der Waals surface area contributed by atoms with E-state index >= 15 is 0 Å². The summed E-state index contributed by atoms with van der Waals surface area (Å²) in [5, 5.41) is 3.59. The first kappa shape index (κ1) is 20.7. The highest BCUT2D eigenvalue weighted by molar-refractivity contribution is 7.17. The fraction of sp³-hybridized carbons (Fsp3) is 0.619. The first-order valence-electron chi connectivity index (χ1n) is 9.56. The molecule has 1 N–H and O–H groups in total. The SMILES string of the molecule is C=CCCC(=O)Nc1sc2c(c1C(=O)OCC)CCC(C(C)(C)CC)C2. The Kier molecular flexibility index (Phi) is 7.04. The molecular formula is C21H31NO3S. The van der Waals surface area contributed by atoms with Gasteiger partial charge in [-0.1, -0.05) is 33.3 Å². The Morgan fingerprint density at radius 1 is 1.38 bits per heavy atom.